The smallest absolute Gasteiger partial charge is 0.410 e. The lowest BCUT2D eigenvalue weighted by Crippen LogP contribution is -2.42. The number of nitrogens with zero attached hydrogens (tertiary/aromatic N) is 4. The number of pyridine rings is 1. The molecule has 7 nitrogen and oxygen atoms in total. The molecule has 1 aliphatic rings. The number of piperidine rings is 1. The summed E-state index contributed by atoms with van der Waals surface area (Å²) >= 11 is 0. The average Bonchev–Trinajstić information content (AvgIpc) is 2.99. The van der Waals surface area contributed by atoms with Gasteiger partial charge in [-0.1, -0.05) is 0 Å². The van der Waals surface area contributed by atoms with Gasteiger partial charge < -0.3 is 18.9 Å². The predicted molar refractivity (Wildman–Crippen MR) is 104 cm³/mol. The van der Waals surface area contributed by atoms with Crippen LogP contribution in [-0.4, -0.2) is 57.9 Å². The molecule has 0 aromatic carbocycles. The van der Waals surface area contributed by atoms with E-state index in [4.69, 9.17) is 14.5 Å². The number of imidazole rings is 1. The van der Waals surface area contributed by atoms with Crippen molar-refractivity contribution in [1.29, 1.82) is 0 Å². The average molecular weight is 374 g/mol. The molecule has 1 atom stereocenters. The Morgan fingerprint density at radius 3 is 2.93 bits per heavy atom. The van der Waals surface area contributed by atoms with E-state index in [1.54, 1.807) is 13.3 Å². The Kier molecular flexibility index (Phi) is 5.99. The zero-order valence-electron chi connectivity index (χ0n) is 16.8. The molecule has 27 heavy (non-hydrogen) atoms. The van der Waals surface area contributed by atoms with E-state index < -0.39 is 5.60 Å². The van der Waals surface area contributed by atoms with Crippen LogP contribution >= 0.6 is 0 Å². The van der Waals surface area contributed by atoms with Gasteiger partial charge in [0.25, 0.3) is 0 Å². The van der Waals surface area contributed by atoms with E-state index in [2.05, 4.69) is 9.55 Å². The fourth-order valence-electron chi connectivity index (χ4n) is 3.58. The summed E-state index contributed by atoms with van der Waals surface area (Å²) in [5, 5.41) is 0. The van der Waals surface area contributed by atoms with Crippen LogP contribution in [0.25, 0.3) is 11.0 Å². The first-order valence-electron chi connectivity index (χ1n) is 9.66. The van der Waals surface area contributed by atoms with Gasteiger partial charge in [0.2, 0.25) is 0 Å². The van der Waals surface area contributed by atoms with Gasteiger partial charge in [-0.15, -0.1) is 0 Å². The van der Waals surface area contributed by atoms with Crippen LogP contribution in [0, 0.1) is 0 Å². The number of hydrogen-bond acceptors (Lipinski definition) is 5. The molecule has 148 valence electrons. The van der Waals surface area contributed by atoms with Gasteiger partial charge in [-0.25, -0.2) is 9.78 Å². The van der Waals surface area contributed by atoms with E-state index in [1.807, 2.05) is 37.9 Å². The Labute approximate surface area is 160 Å². The maximum absolute atomic E-state index is 12.5. The van der Waals surface area contributed by atoms with Gasteiger partial charge in [0, 0.05) is 45.5 Å². The summed E-state index contributed by atoms with van der Waals surface area (Å²) in [5.74, 6) is 1.23. The summed E-state index contributed by atoms with van der Waals surface area (Å²) in [7, 11) is 1.72. The quantitative estimate of drug-likeness (QED) is 0.748. The van der Waals surface area contributed by atoms with E-state index in [0.717, 1.165) is 49.2 Å². The number of aromatic nitrogens is 3. The van der Waals surface area contributed by atoms with Gasteiger partial charge in [-0.05, 0) is 46.1 Å². The highest BCUT2D eigenvalue weighted by molar-refractivity contribution is 5.75. The molecule has 0 aliphatic carbocycles. The van der Waals surface area contributed by atoms with Crippen molar-refractivity contribution in [2.45, 2.75) is 58.1 Å². The molecule has 2 aromatic rings. The van der Waals surface area contributed by atoms with Crippen LogP contribution in [0.1, 0.15) is 51.8 Å². The van der Waals surface area contributed by atoms with Crippen LogP contribution < -0.4 is 0 Å². The normalized spacial score (nSPS) is 18.1. The summed E-state index contributed by atoms with van der Waals surface area (Å²) in [4.78, 5) is 23.5. The number of methoxy groups -OCH3 is 1. The first-order valence-corrected chi connectivity index (χ1v) is 9.66. The molecule has 1 aliphatic heterocycles. The number of fused-ring (bicyclic) bond motifs is 1. The van der Waals surface area contributed by atoms with Gasteiger partial charge in [0.15, 0.2) is 0 Å². The van der Waals surface area contributed by atoms with Crippen molar-refractivity contribution in [1.82, 2.24) is 19.4 Å². The van der Waals surface area contributed by atoms with Crippen LogP contribution in [-0.2, 0) is 16.0 Å². The zero-order valence-corrected chi connectivity index (χ0v) is 16.8. The molecule has 0 N–H and O–H groups in total. The van der Waals surface area contributed by atoms with Crippen molar-refractivity contribution >= 4 is 17.1 Å². The van der Waals surface area contributed by atoms with E-state index >= 15 is 0 Å². The second kappa shape index (κ2) is 8.25. The highest BCUT2D eigenvalue weighted by Gasteiger charge is 2.31. The summed E-state index contributed by atoms with van der Waals surface area (Å²) in [6.07, 6.45) is 6.27. The van der Waals surface area contributed by atoms with Gasteiger partial charge in [-0.2, -0.15) is 0 Å². The molecule has 0 saturated carbocycles. The summed E-state index contributed by atoms with van der Waals surface area (Å²) in [5.41, 5.74) is 1.51. The monoisotopic (exact) mass is 374 g/mol. The summed E-state index contributed by atoms with van der Waals surface area (Å²) in [6, 6.07) is 1.94. The highest BCUT2D eigenvalue weighted by Crippen LogP contribution is 2.30. The van der Waals surface area contributed by atoms with Crippen molar-refractivity contribution in [3.8, 4) is 0 Å². The third-order valence-electron chi connectivity index (χ3n) is 4.75. The Hall–Kier alpha value is -2.15. The van der Waals surface area contributed by atoms with E-state index in [9.17, 15) is 4.79 Å². The van der Waals surface area contributed by atoms with Crippen molar-refractivity contribution < 1.29 is 14.3 Å². The molecule has 0 bridgehead atoms. The van der Waals surface area contributed by atoms with Crippen molar-refractivity contribution in [2.24, 2.45) is 0 Å². The third kappa shape index (κ3) is 4.77. The Morgan fingerprint density at radius 2 is 2.19 bits per heavy atom. The number of ether oxygens (including phenoxy) is 2. The lowest BCUT2D eigenvalue weighted by atomic mass is 9.97. The fraction of sp³-hybridized carbons (Fsp3) is 0.650. The molecular formula is C20H30N4O3. The van der Waals surface area contributed by atoms with Crippen LogP contribution in [0.4, 0.5) is 4.79 Å². The first kappa shape index (κ1) is 19.6. The number of likely N-dealkylation sites (tertiary alicyclic amines) is 1. The Morgan fingerprint density at radius 1 is 1.37 bits per heavy atom. The predicted octanol–water partition coefficient (Wildman–Crippen LogP) is 3.58. The minimum atomic E-state index is -0.483. The number of hydrogen-bond donors (Lipinski definition) is 0. The van der Waals surface area contributed by atoms with E-state index in [-0.39, 0.29) is 12.0 Å². The SMILES string of the molecule is COCCCn1c(C2CCCN(C(=O)OC(C)(C)C)C2)nc2ccncc21. The molecule has 2 aromatic heterocycles. The molecule has 0 radical (unpaired) electrons. The number of carbonyl (C=O) groups excluding carboxylic acids is 1. The molecule has 7 heteroatoms. The van der Waals surface area contributed by atoms with E-state index in [1.165, 1.54) is 0 Å². The largest absolute Gasteiger partial charge is 0.444 e. The summed E-state index contributed by atoms with van der Waals surface area (Å²) < 4.78 is 13.0. The van der Waals surface area contributed by atoms with Gasteiger partial charge in [0.1, 0.15) is 11.4 Å². The van der Waals surface area contributed by atoms with Crippen LogP contribution in [0.3, 0.4) is 0 Å². The minimum Gasteiger partial charge on any atom is -0.444 e. The second-order valence-electron chi connectivity index (χ2n) is 8.10. The molecule has 1 fully saturated rings. The topological polar surface area (TPSA) is 69.5 Å². The summed E-state index contributed by atoms with van der Waals surface area (Å²) in [6.45, 7) is 8.59. The molecule has 1 unspecified atom stereocenters. The molecule has 1 amide bonds. The van der Waals surface area contributed by atoms with Gasteiger partial charge >= 0.3 is 6.09 Å². The van der Waals surface area contributed by atoms with Gasteiger partial charge in [0.05, 0.1) is 17.2 Å². The Balaban J connectivity index is 1.83. The van der Waals surface area contributed by atoms with Crippen molar-refractivity contribution in [2.75, 3.05) is 26.8 Å². The maximum Gasteiger partial charge on any atom is 0.410 e. The number of aryl methyl sites for hydroxylation is 1. The number of carbonyl (C=O) groups is 1. The van der Waals surface area contributed by atoms with E-state index in [0.29, 0.717) is 13.2 Å². The van der Waals surface area contributed by atoms with Crippen molar-refractivity contribution in [3.63, 3.8) is 0 Å². The van der Waals surface area contributed by atoms with Crippen LogP contribution in [0.5, 0.6) is 0 Å². The second-order valence-corrected chi connectivity index (χ2v) is 8.10. The molecular weight excluding hydrogens is 344 g/mol. The van der Waals surface area contributed by atoms with Crippen molar-refractivity contribution in [3.05, 3.63) is 24.3 Å². The number of amides is 1. The Bertz CT molecular complexity index is 781. The lowest BCUT2D eigenvalue weighted by molar-refractivity contribution is 0.0195. The zero-order chi connectivity index (χ0) is 19.4. The van der Waals surface area contributed by atoms with Crippen LogP contribution in [0.2, 0.25) is 0 Å². The lowest BCUT2D eigenvalue weighted by Gasteiger charge is -2.34. The number of rotatable bonds is 5. The fourth-order valence-corrected chi connectivity index (χ4v) is 3.58. The van der Waals surface area contributed by atoms with Gasteiger partial charge in [-0.3, -0.25) is 4.98 Å². The molecule has 1 saturated heterocycles. The highest BCUT2D eigenvalue weighted by atomic mass is 16.6. The standard InChI is InChI=1S/C20H30N4O3/c1-20(2,3)27-19(25)23-10-5-7-15(14-23)18-22-16-8-9-21-13-17(16)24(18)11-6-12-26-4/h8-9,13,15H,5-7,10-12,14H2,1-4H3. The third-order valence-corrected chi connectivity index (χ3v) is 4.75. The maximum atomic E-state index is 12.5. The molecule has 3 rings (SSSR count). The minimum absolute atomic E-state index is 0.196. The first-order chi connectivity index (χ1) is 12.9. The molecule has 3 heterocycles. The molecule has 0 spiro atoms. The van der Waals surface area contributed by atoms with Crippen LogP contribution in [0.15, 0.2) is 18.5 Å².